The van der Waals surface area contributed by atoms with Crippen molar-refractivity contribution in [3.05, 3.63) is 35.4 Å². The topological polar surface area (TPSA) is 67.8 Å². The number of benzene rings is 1. The standard InChI is InChI=1S/C14H19NO4/c1-10-7-12(18-2)13(19-3)8-11(10)9-15-6-4-5-14(16)17/h4-5,7-8,15H,6,9H2,1-3H3,(H,16,17)/b5-4+. The van der Waals surface area contributed by atoms with Crippen LogP contribution in [-0.4, -0.2) is 31.8 Å². The number of carboxylic acids is 1. The maximum atomic E-state index is 10.3. The summed E-state index contributed by atoms with van der Waals surface area (Å²) in [7, 11) is 3.20. The minimum absolute atomic E-state index is 0.500. The molecule has 5 nitrogen and oxygen atoms in total. The third-order valence-corrected chi connectivity index (χ3v) is 2.68. The summed E-state index contributed by atoms with van der Waals surface area (Å²) >= 11 is 0. The fourth-order valence-corrected chi connectivity index (χ4v) is 1.66. The highest BCUT2D eigenvalue weighted by Crippen LogP contribution is 2.30. The van der Waals surface area contributed by atoms with E-state index >= 15 is 0 Å². The first-order valence-electron chi connectivity index (χ1n) is 5.90. The predicted molar refractivity (Wildman–Crippen MR) is 72.8 cm³/mol. The summed E-state index contributed by atoms with van der Waals surface area (Å²) in [5.74, 6) is 0.449. The lowest BCUT2D eigenvalue weighted by Crippen LogP contribution is -2.14. The minimum atomic E-state index is -0.941. The average Bonchev–Trinajstić information content (AvgIpc) is 2.39. The van der Waals surface area contributed by atoms with Crippen molar-refractivity contribution in [1.82, 2.24) is 5.32 Å². The number of carbonyl (C=O) groups is 1. The fraction of sp³-hybridized carbons (Fsp3) is 0.357. The second-order valence-electron chi connectivity index (χ2n) is 4.01. The summed E-state index contributed by atoms with van der Waals surface area (Å²) in [4.78, 5) is 10.3. The van der Waals surface area contributed by atoms with Gasteiger partial charge in [0.05, 0.1) is 14.2 Å². The third-order valence-electron chi connectivity index (χ3n) is 2.68. The molecule has 0 aliphatic rings. The van der Waals surface area contributed by atoms with Crippen molar-refractivity contribution in [1.29, 1.82) is 0 Å². The van der Waals surface area contributed by atoms with E-state index in [0.29, 0.717) is 24.6 Å². The van der Waals surface area contributed by atoms with Crippen LogP contribution in [0.2, 0.25) is 0 Å². The SMILES string of the molecule is COc1cc(C)c(CNC/C=C/C(=O)O)cc1OC. The molecule has 104 valence electrons. The van der Waals surface area contributed by atoms with Crippen LogP contribution in [0.1, 0.15) is 11.1 Å². The Morgan fingerprint density at radius 2 is 1.95 bits per heavy atom. The van der Waals surface area contributed by atoms with Gasteiger partial charge < -0.3 is 19.9 Å². The highest BCUT2D eigenvalue weighted by molar-refractivity contribution is 5.79. The van der Waals surface area contributed by atoms with E-state index in [9.17, 15) is 4.79 Å². The molecule has 0 saturated heterocycles. The van der Waals surface area contributed by atoms with Crippen molar-refractivity contribution >= 4 is 5.97 Å². The molecule has 0 radical (unpaired) electrons. The highest BCUT2D eigenvalue weighted by atomic mass is 16.5. The van der Waals surface area contributed by atoms with Crippen molar-refractivity contribution in [2.75, 3.05) is 20.8 Å². The van der Waals surface area contributed by atoms with Crippen molar-refractivity contribution in [3.63, 3.8) is 0 Å². The van der Waals surface area contributed by atoms with E-state index in [1.807, 2.05) is 19.1 Å². The molecular weight excluding hydrogens is 246 g/mol. The van der Waals surface area contributed by atoms with Crippen LogP contribution in [0.3, 0.4) is 0 Å². The molecule has 0 aliphatic heterocycles. The Labute approximate surface area is 112 Å². The van der Waals surface area contributed by atoms with Crippen molar-refractivity contribution in [2.45, 2.75) is 13.5 Å². The van der Waals surface area contributed by atoms with Crippen LogP contribution in [0, 0.1) is 6.92 Å². The Balaban J connectivity index is 2.65. The third kappa shape index (κ3) is 4.63. The second kappa shape index (κ2) is 7.43. The molecule has 1 aromatic carbocycles. The lowest BCUT2D eigenvalue weighted by Gasteiger charge is -2.12. The summed E-state index contributed by atoms with van der Waals surface area (Å²) in [6.07, 6.45) is 2.69. The number of hydrogen-bond acceptors (Lipinski definition) is 4. The molecule has 19 heavy (non-hydrogen) atoms. The summed E-state index contributed by atoms with van der Waals surface area (Å²) in [5, 5.41) is 11.6. The largest absolute Gasteiger partial charge is 0.493 e. The molecule has 0 fully saturated rings. The Bertz CT molecular complexity index is 469. The van der Waals surface area contributed by atoms with Crippen molar-refractivity contribution in [3.8, 4) is 11.5 Å². The zero-order chi connectivity index (χ0) is 14.3. The van der Waals surface area contributed by atoms with Gasteiger partial charge in [-0.2, -0.15) is 0 Å². The Morgan fingerprint density at radius 1 is 1.32 bits per heavy atom. The smallest absolute Gasteiger partial charge is 0.328 e. The maximum Gasteiger partial charge on any atom is 0.328 e. The Kier molecular flexibility index (Phi) is 5.89. The van der Waals surface area contributed by atoms with Crippen LogP contribution < -0.4 is 14.8 Å². The molecule has 0 unspecified atom stereocenters. The van der Waals surface area contributed by atoms with E-state index in [1.54, 1.807) is 20.3 Å². The van der Waals surface area contributed by atoms with Gasteiger partial charge in [0.1, 0.15) is 0 Å². The molecule has 0 bridgehead atoms. The van der Waals surface area contributed by atoms with Gasteiger partial charge in [-0.3, -0.25) is 0 Å². The van der Waals surface area contributed by atoms with Gasteiger partial charge in [-0.25, -0.2) is 4.79 Å². The Hall–Kier alpha value is -2.01. The summed E-state index contributed by atoms with van der Waals surface area (Å²) < 4.78 is 10.5. The molecule has 0 aliphatic carbocycles. The van der Waals surface area contributed by atoms with Crippen LogP contribution >= 0.6 is 0 Å². The predicted octanol–water partition coefficient (Wildman–Crippen LogP) is 1.74. The van der Waals surface area contributed by atoms with Crippen LogP contribution in [0.5, 0.6) is 11.5 Å². The highest BCUT2D eigenvalue weighted by Gasteiger charge is 2.07. The van der Waals surface area contributed by atoms with E-state index in [4.69, 9.17) is 14.6 Å². The molecule has 0 amide bonds. The molecule has 1 aromatic rings. The van der Waals surface area contributed by atoms with Gasteiger partial charge in [0.25, 0.3) is 0 Å². The van der Waals surface area contributed by atoms with E-state index in [0.717, 1.165) is 17.2 Å². The number of nitrogens with one attached hydrogen (secondary N) is 1. The molecule has 5 heteroatoms. The van der Waals surface area contributed by atoms with E-state index in [1.165, 1.54) is 0 Å². The fourth-order valence-electron chi connectivity index (χ4n) is 1.66. The number of rotatable bonds is 7. The van der Waals surface area contributed by atoms with E-state index in [-0.39, 0.29) is 0 Å². The number of methoxy groups -OCH3 is 2. The van der Waals surface area contributed by atoms with Gasteiger partial charge >= 0.3 is 5.97 Å². The molecule has 0 heterocycles. The average molecular weight is 265 g/mol. The molecule has 0 atom stereocenters. The maximum absolute atomic E-state index is 10.3. The number of aryl methyl sites for hydroxylation is 1. The van der Waals surface area contributed by atoms with Crippen molar-refractivity contribution < 1.29 is 19.4 Å². The number of aliphatic carboxylic acids is 1. The molecule has 1 rings (SSSR count). The number of ether oxygens (including phenoxy) is 2. The number of hydrogen-bond donors (Lipinski definition) is 2. The van der Waals surface area contributed by atoms with E-state index in [2.05, 4.69) is 5.32 Å². The summed E-state index contributed by atoms with van der Waals surface area (Å²) in [6.45, 7) is 3.13. The van der Waals surface area contributed by atoms with Gasteiger partial charge in [-0.15, -0.1) is 0 Å². The van der Waals surface area contributed by atoms with Gasteiger partial charge in [0.15, 0.2) is 11.5 Å². The molecule has 0 aromatic heterocycles. The molecular formula is C14H19NO4. The minimum Gasteiger partial charge on any atom is -0.493 e. The zero-order valence-corrected chi connectivity index (χ0v) is 11.4. The lowest BCUT2D eigenvalue weighted by atomic mass is 10.1. The van der Waals surface area contributed by atoms with E-state index < -0.39 is 5.97 Å². The Morgan fingerprint density at radius 3 is 2.53 bits per heavy atom. The summed E-state index contributed by atoms with van der Waals surface area (Å²) in [6, 6.07) is 3.84. The first-order chi connectivity index (χ1) is 9.08. The molecule has 0 spiro atoms. The monoisotopic (exact) mass is 265 g/mol. The first kappa shape index (κ1) is 15.0. The zero-order valence-electron chi connectivity index (χ0n) is 11.4. The lowest BCUT2D eigenvalue weighted by molar-refractivity contribution is -0.131. The normalized spacial score (nSPS) is 10.7. The number of carboxylic acid groups (broad SMARTS) is 1. The second-order valence-corrected chi connectivity index (χ2v) is 4.01. The first-order valence-corrected chi connectivity index (χ1v) is 5.90. The quantitative estimate of drug-likeness (QED) is 0.580. The molecule has 0 saturated carbocycles. The van der Waals surface area contributed by atoms with Crippen LogP contribution in [0.15, 0.2) is 24.3 Å². The van der Waals surface area contributed by atoms with Gasteiger partial charge in [0.2, 0.25) is 0 Å². The van der Waals surface area contributed by atoms with Crippen LogP contribution in [-0.2, 0) is 11.3 Å². The van der Waals surface area contributed by atoms with Crippen LogP contribution in [0.25, 0.3) is 0 Å². The molecule has 2 N–H and O–H groups in total. The summed E-state index contributed by atoms with van der Waals surface area (Å²) in [5.41, 5.74) is 2.17. The van der Waals surface area contributed by atoms with Crippen LogP contribution in [0.4, 0.5) is 0 Å². The van der Waals surface area contributed by atoms with Crippen molar-refractivity contribution in [2.24, 2.45) is 0 Å². The van der Waals surface area contributed by atoms with Gasteiger partial charge in [0, 0.05) is 19.2 Å². The van der Waals surface area contributed by atoms with Gasteiger partial charge in [-0.05, 0) is 30.2 Å². The van der Waals surface area contributed by atoms with Gasteiger partial charge in [-0.1, -0.05) is 6.08 Å².